The van der Waals surface area contributed by atoms with Gasteiger partial charge >= 0.3 is 6.09 Å². The molecule has 1 amide bonds. The molecule has 36 heavy (non-hydrogen) atoms. The standard InChI is InChI=1S/C27H31F3N4O2/c1-17(19-6-5-7-20(24(19)28)25(29)30)32-23-10-11-31-22-9-8-18(16-21(22)23)33-12-14-34(15-13-33)26(35)36-27(2,3)4/h5-11,16-17,25H,12-15H2,1-4H3,(H,31,32)/t17-/m1/s1. The van der Waals surface area contributed by atoms with Crippen LogP contribution in [-0.4, -0.2) is 47.8 Å². The van der Waals surface area contributed by atoms with E-state index in [-0.39, 0.29) is 11.7 Å². The number of rotatable bonds is 5. The number of nitrogens with zero attached hydrogens (tertiary/aromatic N) is 3. The van der Waals surface area contributed by atoms with Crippen LogP contribution in [0.15, 0.2) is 48.7 Å². The Bertz CT molecular complexity index is 1240. The van der Waals surface area contributed by atoms with E-state index in [1.54, 1.807) is 24.1 Å². The third-order valence-electron chi connectivity index (χ3n) is 6.15. The van der Waals surface area contributed by atoms with Crippen LogP contribution in [0, 0.1) is 5.82 Å². The van der Waals surface area contributed by atoms with Crippen molar-refractivity contribution in [1.29, 1.82) is 0 Å². The fourth-order valence-corrected chi connectivity index (χ4v) is 4.31. The minimum atomic E-state index is -2.88. The van der Waals surface area contributed by atoms with E-state index in [1.807, 2.05) is 39.0 Å². The van der Waals surface area contributed by atoms with Crippen LogP contribution in [0.3, 0.4) is 0 Å². The molecule has 6 nitrogen and oxygen atoms in total. The van der Waals surface area contributed by atoms with Crippen molar-refractivity contribution in [2.24, 2.45) is 0 Å². The van der Waals surface area contributed by atoms with Gasteiger partial charge in [0.25, 0.3) is 6.43 Å². The van der Waals surface area contributed by atoms with Gasteiger partial charge in [-0.2, -0.15) is 0 Å². The Morgan fingerprint density at radius 1 is 1.06 bits per heavy atom. The lowest BCUT2D eigenvalue weighted by Crippen LogP contribution is -2.50. The average molecular weight is 501 g/mol. The van der Waals surface area contributed by atoms with Gasteiger partial charge in [0.15, 0.2) is 0 Å². The molecule has 1 saturated heterocycles. The van der Waals surface area contributed by atoms with Crippen molar-refractivity contribution in [3.63, 3.8) is 0 Å². The van der Waals surface area contributed by atoms with Crippen LogP contribution in [0.2, 0.25) is 0 Å². The van der Waals surface area contributed by atoms with Gasteiger partial charge in [-0.3, -0.25) is 4.98 Å². The third kappa shape index (κ3) is 5.66. The summed E-state index contributed by atoms with van der Waals surface area (Å²) in [5.74, 6) is -0.894. The molecule has 4 rings (SSSR count). The number of carbonyl (C=O) groups is 1. The number of alkyl halides is 2. The second-order valence-corrected chi connectivity index (χ2v) is 9.93. The second-order valence-electron chi connectivity index (χ2n) is 9.93. The Kier molecular flexibility index (Phi) is 7.28. The van der Waals surface area contributed by atoms with E-state index in [9.17, 15) is 18.0 Å². The maximum Gasteiger partial charge on any atom is 0.410 e. The summed E-state index contributed by atoms with van der Waals surface area (Å²) in [5.41, 5.74) is 1.49. The number of anilines is 2. The van der Waals surface area contributed by atoms with Crippen LogP contribution in [0.25, 0.3) is 10.9 Å². The average Bonchev–Trinajstić information content (AvgIpc) is 2.83. The summed E-state index contributed by atoms with van der Waals surface area (Å²) < 4.78 is 46.5. The van der Waals surface area contributed by atoms with Gasteiger partial charge in [0, 0.05) is 54.7 Å². The van der Waals surface area contributed by atoms with Crippen molar-refractivity contribution in [1.82, 2.24) is 9.88 Å². The molecule has 1 atom stereocenters. The van der Waals surface area contributed by atoms with Gasteiger partial charge in [0.05, 0.1) is 17.1 Å². The smallest absolute Gasteiger partial charge is 0.410 e. The number of nitrogens with one attached hydrogen (secondary N) is 1. The van der Waals surface area contributed by atoms with Crippen LogP contribution in [-0.2, 0) is 4.74 Å². The Labute approximate surface area is 209 Å². The maximum absolute atomic E-state index is 14.7. The minimum Gasteiger partial charge on any atom is -0.444 e. The zero-order valence-electron chi connectivity index (χ0n) is 20.9. The van der Waals surface area contributed by atoms with Gasteiger partial charge in [0.1, 0.15) is 11.4 Å². The Morgan fingerprint density at radius 3 is 2.42 bits per heavy atom. The molecule has 3 aromatic rings. The molecule has 0 spiro atoms. The number of ether oxygens (including phenoxy) is 1. The Morgan fingerprint density at radius 2 is 1.75 bits per heavy atom. The quantitative estimate of drug-likeness (QED) is 0.431. The number of hydrogen-bond acceptors (Lipinski definition) is 5. The van der Waals surface area contributed by atoms with Crippen molar-refractivity contribution < 1.29 is 22.7 Å². The largest absolute Gasteiger partial charge is 0.444 e. The van der Waals surface area contributed by atoms with Gasteiger partial charge < -0.3 is 19.9 Å². The molecule has 0 radical (unpaired) electrons. The first-order valence-corrected chi connectivity index (χ1v) is 12.0. The minimum absolute atomic E-state index is 0.173. The molecule has 0 aliphatic carbocycles. The topological polar surface area (TPSA) is 57.7 Å². The SMILES string of the molecule is C[C@@H](Nc1ccnc2ccc(N3CCN(C(=O)OC(C)(C)C)CC3)cc12)c1cccc(C(F)F)c1F. The number of fused-ring (bicyclic) bond motifs is 1. The molecule has 0 unspecified atom stereocenters. The number of benzene rings is 2. The molecule has 0 bridgehead atoms. The first kappa shape index (κ1) is 25.6. The van der Waals surface area contributed by atoms with Crippen LogP contribution < -0.4 is 10.2 Å². The summed E-state index contributed by atoms with van der Waals surface area (Å²) in [5, 5.41) is 4.10. The van der Waals surface area contributed by atoms with Crippen molar-refractivity contribution in [2.75, 3.05) is 36.4 Å². The molecule has 9 heteroatoms. The lowest BCUT2D eigenvalue weighted by atomic mass is 10.0. The zero-order chi connectivity index (χ0) is 26.0. The summed E-state index contributed by atoms with van der Waals surface area (Å²) in [6.45, 7) is 9.66. The molecule has 1 aliphatic rings. The number of carbonyl (C=O) groups excluding carboxylic acids is 1. The van der Waals surface area contributed by atoms with E-state index in [4.69, 9.17) is 4.74 Å². The fraction of sp³-hybridized carbons (Fsp3) is 0.407. The van der Waals surface area contributed by atoms with Gasteiger partial charge in [-0.1, -0.05) is 18.2 Å². The van der Waals surface area contributed by atoms with Crippen LogP contribution in [0.1, 0.15) is 51.3 Å². The highest BCUT2D eigenvalue weighted by molar-refractivity contribution is 5.93. The number of hydrogen-bond donors (Lipinski definition) is 1. The summed E-state index contributed by atoms with van der Waals surface area (Å²) in [4.78, 5) is 20.7. The van der Waals surface area contributed by atoms with Crippen LogP contribution in [0.5, 0.6) is 0 Å². The number of pyridine rings is 1. The van der Waals surface area contributed by atoms with Gasteiger partial charge in [-0.15, -0.1) is 0 Å². The third-order valence-corrected chi connectivity index (χ3v) is 6.15. The molecule has 1 N–H and O–H groups in total. The highest BCUT2D eigenvalue weighted by Crippen LogP contribution is 2.32. The number of aromatic nitrogens is 1. The number of halogens is 3. The molecule has 0 saturated carbocycles. The van der Waals surface area contributed by atoms with Crippen molar-refractivity contribution in [3.05, 3.63) is 65.6 Å². The van der Waals surface area contributed by atoms with Gasteiger partial charge in [-0.05, 0) is 52.0 Å². The van der Waals surface area contributed by atoms with E-state index >= 15 is 0 Å². The Hall–Kier alpha value is -3.49. The summed E-state index contributed by atoms with van der Waals surface area (Å²) in [6.07, 6.45) is -1.53. The fourth-order valence-electron chi connectivity index (χ4n) is 4.31. The molecule has 192 valence electrons. The highest BCUT2D eigenvalue weighted by atomic mass is 19.3. The van der Waals surface area contributed by atoms with E-state index in [1.165, 1.54) is 12.1 Å². The summed E-state index contributed by atoms with van der Waals surface area (Å²) in [6, 6.07) is 11.2. The summed E-state index contributed by atoms with van der Waals surface area (Å²) >= 11 is 0. The van der Waals surface area contributed by atoms with Crippen LogP contribution in [0.4, 0.5) is 29.3 Å². The first-order valence-electron chi connectivity index (χ1n) is 12.0. The maximum atomic E-state index is 14.7. The molecular formula is C27H31F3N4O2. The number of amides is 1. The molecule has 1 aliphatic heterocycles. The van der Waals surface area contributed by atoms with Crippen molar-refractivity contribution >= 4 is 28.4 Å². The van der Waals surface area contributed by atoms with Crippen LogP contribution >= 0.6 is 0 Å². The van der Waals surface area contributed by atoms with Gasteiger partial charge in [-0.25, -0.2) is 18.0 Å². The molecule has 2 heterocycles. The molecule has 1 fully saturated rings. The zero-order valence-corrected chi connectivity index (χ0v) is 20.9. The van der Waals surface area contributed by atoms with Gasteiger partial charge in [0.2, 0.25) is 0 Å². The first-order chi connectivity index (χ1) is 17.0. The molecule has 2 aromatic carbocycles. The predicted molar refractivity (Wildman–Crippen MR) is 135 cm³/mol. The molecule has 1 aromatic heterocycles. The van der Waals surface area contributed by atoms with Crippen molar-refractivity contribution in [3.8, 4) is 0 Å². The molecular weight excluding hydrogens is 469 g/mol. The normalized spacial score (nSPS) is 15.3. The highest BCUT2D eigenvalue weighted by Gasteiger charge is 2.26. The van der Waals surface area contributed by atoms with E-state index < -0.39 is 29.4 Å². The van der Waals surface area contributed by atoms with E-state index in [0.717, 1.165) is 28.3 Å². The van der Waals surface area contributed by atoms with E-state index in [0.29, 0.717) is 26.2 Å². The summed E-state index contributed by atoms with van der Waals surface area (Å²) in [7, 11) is 0. The monoisotopic (exact) mass is 500 g/mol. The lowest BCUT2D eigenvalue weighted by molar-refractivity contribution is 0.0240. The predicted octanol–water partition coefficient (Wildman–Crippen LogP) is 6.54. The number of piperazine rings is 1. The van der Waals surface area contributed by atoms with Crippen molar-refractivity contribution in [2.45, 2.75) is 45.8 Å². The van der Waals surface area contributed by atoms with E-state index in [2.05, 4.69) is 15.2 Å². The Balaban J connectivity index is 1.52. The second kappa shape index (κ2) is 10.2. The lowest BCUT2D eigenvalue weighted by Gasteiger charge is -2.36.